The molecule has 0 saturated carbocycles. The Morgan fingerprint density at radius 1 is 1.50 bits per heavy atom. The van der Waals surface area contributed by atoms with Crippen molar-refractivity contribution in [2.45, 2.75) is 12.3 Å². The number of rotatable bonds is 3. The molecule has 0 atom stereocenters. The van der Waals surface area contributed by atoms with Gasteiger partial charge in [0.25, 0.3) is 5.92 Å². The number of pyridine rings is 1. The van der Waals surface area contributed by atoms with Crippen LogP contribution in [-0.4, -0.2) is 16.7 Å². The van der Waals surface area contributed by atoms with Gasteiger partial charge in [-0.1, -0.05) is 11.6 Å². The second-order valence-electron chi connectivity index (χ2n) is 2.67. The van der Waals surface area contributed by atoms with Crippen LogP contribution in [0.5, 0.6) is 0 Å². The summed E-state index contributed by atoms with van der Waals surface area (Å²) in [5.41, 5.74) is -0.701. The fraction of sp³-hybridized carbons (Fsp3) is 0.375. The van der Waals surface area contributed by atoms with E-state index in [0.717, 1.165) is 6.20 Å². The van der Waals surface area contributed by atoms with Gasteiger partial charge in [-0.25, -0.2) is 18.2 Å². The highest BCUT2D eigenvalue weighted by atomic mass is 35.5. The first-order chi connectivity index (χ1) is 6.47. The van der Waals surface area contributed by atoms with Gasteiger partial charge in [0.15, 0.2) is 0 Å². The lowest BCUT2D eigenvalue weighted by molar-refractivity contribution is -0.0274. The molecule has 1 aromatic rings. The fourth-order valence-electron chi connectivity index (χ4n) is 0.954. The van der Waals surface area contributed by atoms with Crippen LogP contribution in [0.2, 0.25) is 5.15 Å². The summed E-state index contributed by atoms with van der Waals surface area (Å²) in [5, 5.41) is 7.93. The fourth-order valence-corrected chi connectivity index (χ4v) is 1.20. The van der Waals surface area contributed by atoms with E-state index >= 15 is 0 Å². The molecule has 0 saturated heterocycles. The van der Waals surface area contributed by atoms with Crippen molar-refractivity contribution in [1.82, 2.24) is 4.98 Å². The molecule has 6 heteroatoms. The third kappa shape index (κ3) is 2.36. The van der Waals surface area contributed by atoms with E-state index in [1.54, 1.807) is 0 Å². The summed E-state index contributed by atoms with van der Waals surface area (Å²) in [6.45, 7) is -0.708. The lowest BCUT2D eigenvalue weighted by atomic mass is 10.1. The van der Waals surface area contributed by atoms with Gasteiger partial charge < -0.3 is 5.11 Å². The van der Waals surface area contributed by atoms with Crippen LogP contribution in [-0.2, 0) is 5.92 Å². The number of aliphatic hydroxyl groups is 1. The number of nitrogens with zero attached hydrogens (tertiary/aromatic N) is 1. The van der Waals surface area contributed by atoms with Gasteiger partial charge >= 0.3 is 0 Å². The molecule has 0 bridgehead atoms. The van der Waals surface area contributed by atoms with Gasteiger partial charge in [0.2, 0.25) is 0 Å². The Bertz CT molecular complexity index is 332. The molecule has 0 radical (unpaired) electrons. The maximum absolute atomic E-state index is 13.1. The third-order valence-electron chi connectivity index (χ3n) is 1.63. The van der Waals surface area contributed by atoms with Crippen molar-refractivity contribution >= 4 is 11.6 Å². The predicted molar refractivity (Wildman–Crippen MR) is 44.8 cm³/mol. The molecule has 0 aliphatic heterocycles. The van der Waals surface area contributed by atoms with Crippen LogP contribution in [0, 0.1) is 5.82 Å². The number of aromatic nitrogens is 1. The molecule has 0 aliphatic rings. The van der Waals surface area contributed by atoms with E-state index in [2.05, 4.69) is 4.98 Å². The molecule has 2 nitrogen and oxygen atoms in total. The van der Waals surface area contributed by atoms with E-state index in [1.165, 1.54) is 0 Å². The quantitative estimate of drug-likeness (QED) is 0.801. The molecule has 0 fully saturated rings. The summed E-state index contributed by atoms with van der Waals surface area (Å²) in [7, 11) is 0. The third-order valence-corrected chi connectivity index (χ3v) is 1.93. The topological polar surface area (TPSA) is 33.1 Å². The number of hydrogen-bond acceptors (Lipinski definition) is 2. The van der Waals surface area contributed by atoms with Gasteiger partial charge in [-0.15, -0.1) is 0 Å². The molecule has 1 rings (SSSR count). The highest BCUT2D eigenvalue weighted by Crippen LogP contribution is 2.35. The smallest absolute Gasteiger partial charge is 0.278 e. The van der Waals surface area contributed by atoms with E-state index in [4.69, 9.17) is 16.7 Å². The molecular weight excluding hydrogens is 219 g/mol. The summed E-state index contributed by atoms with van der Waals surface area (Å²) in [5.74, 6) is -4.25. The minimum Gasteiger partial charge on any atom is -0.396 e. The standard InChI is InChI=1S/C8H7ClF3NO/c9-7-6(3-5(10)4-13-7)8(11,12)1-2-14/h3-4,14H,1-2H2. The molecule has 0 aliphatic carbocycles. The zero-order chi connectivity index (χ0) is 10.8. The van der Waals surface area contributed by atoms with E-state index < -0.39 is 35.5 Å². The number of alkyl halides is 2. The Morgan fingerprint density at radius 3 is 2.71 bits per heavy atom. The molecule has 0 aromatic carbocycles. The molecular formula is C8H7ClF3NO. The minimum atomic E-state index is -3.36. The van der Waals surface area contributed by atoms with Gasteiger partial charge in [-0.3, -0.25) is 0 Å². The summed E-state index contributed by atoms with van der Waals surface area (Å²) in [6.07, 6.45) is -0.0568. The normalized spacial score (nSPS) is 11.8. The van der Waals surface area contributed by atoms with Crippen molar-refractivity contribution in [2.75, 3.05) is 6.61 Å². The van der Waals surface area contributed by atoms with Crippen LogP contribution in [0.1, 0.15) is 12.0 Å². The van der Waals surface area contributed by atoms with E-state index in [1.807, 2.05) is 0 Å². The second-order valence-corrected chi connectivity index (χ2v) is 3.03. The van der Waals surface area contributed by atoms with Gasteiger partial charge in [-0.2, -0.15) is 0 Å². The molecule has 78 valence electrons. The van der Waals surface area contributed by atoms with E-state index in [9.17, 15) is 13.2 Å². The van der Waals surface area contributed by atoms with Gasteiger partial charge in [0.1, 0.15) is 11.0 Å². The zero-order valence-electron chi connectivity index (χ0n) is 6.98. The molecule has 0 unspecified atom stereocenters. The molecule has 14 heavy (non-hydrogen) atoms. The van der Waals surface area contributed by atoms with Crippen molar-refractivity contribution < 1.29 is 18.3 Å². The SMILES string of the molecule is OCCC(F)(F)c1cc(F)cnc1Cl. The van der Waals surface area contributed by atoms with Crippen LogP contribution in [0.3, 0.4) is 0 Å². The lowest BCUT2D eigenvalue weighted by Crippen LogP contribution is -2.16. The minimum absolute atomic E-state index is 0.454. The molecule has 1 aromatic heterocycles. The summed E-state index contributed by atoms with van der Waals surface area (Å²) >= 11 is 5.38. The van der Waals surface area contributed by atoms with Crippen LogP contribution >= 0.6 is 11.6 Å². The Labute approximate surface area is 83.3 Å². The first-order valence-corrected chi connectivity index (χ1v) is 4.15. The second kappa shape index (κ2) is 4.14. The molecule has 1 heterocycles. The highest BCUT2D eigenvalue weighted by Gasteiger charge is 2.34. The monoisotopic (exact) mass is 225 g/mol. The van der Waals surface area contributed by atoms with Crippen LogP contribution < -0.4 is 0 Å². The van der Waals surface area contributed by atoms with Crippen LogP contribution in [0.25, 0.3) is 0 Å². The molecule has 1 N–H and O–H groups in total. The average Bonchev–Trinajstić information content (AvgIpc) is 2.09. The van der Waals surface area contributed by atoms with Gasteiger partial charge in [-0.05, 0) is 6.07 Å². The highest BCUT2D eigenvalue weighted by molar-refractivity contribution is 6.30. The van der Waals surface area contributed by atoms with E-state index in [-0.39, 0.29) is 0 Å². The predicted octanol–water partition coefficient (Wildman–Crippen LogP) is 2.35. The Morgan fingerprint density at radius 2 is 2.14 bits per heavy atom. The number of hydrogen-bond donors (Lipinski definition) is 1. The Kier molecular flexibility index (Phi) is 3.34. The van der Waals surface area contributed by atoms with Gasteiger partial charge in [0, 0.05) is 13.0 Å². The first kappa shape index (κ1) is 11.3. The zero-order valence-corrected chi connectivity index (χ0v) is 7.73. The van der Waals surface area contributed by atoms with Crippen molar-refractivity contribution in [3.63, 3.8) is 0 Å². The van der Waals surface area contributed by atoms with E-state index in [0.29, 0.717) is 6.07 Å². The Balaban J connectivity index is 3.10. The van der Waals surface area contributed by atoms with Crippen LogP contribution in [0.15, 0.2) is 12.3 Å². The van der Waals surface area contributed by atoms with Gasteiger partial charge in [0.05, 0.1) is 11.8 Å². The lowest BCUT2D eigenvalue weighted by Gasteiger charge is -2.15. The summed E-state index contributed by atoms with van der Waals surface area (Å²) in [6, 6.07) is 0.616. The Hall–Kier alpha value is -0.810. The summed E-state index contributed by atoms with van der Waals surface area (Å²) in [4.78, 5) is 3.26. The van der Waals surface area contributed by atoms with Crippen molar-refractivity contribution in [1.29, 1.82) is 0 Å². The number of aliphatic hydroxyl groups excluding tert-OH is 1. The maximum atomic E-state index is 13.1. The van der Waals surface area contributed by atoms with Crippen molar-refractivity contribution in [2.24, 2.45) is 0 Å². The molecule has 0 amide bonds. The van der Waals surface area contributed by atoms with Crippen molar-refractivity contribution in [3.8, 4) is 0 Å². The largest absolute Gasteiger partial charge is 0.396 e. The van der Waals surface area contributed by atoms with Crippen LogP contribution in [0.4, 0.5) is 13.2 Å². The molecule has 0 spiro atoms. The first-order valence-electron chi connectivity index (χ1n) is 3.77. The average molecular weight is 226 g/mol. The summed E-state index contributed by atoms with van der Waals surface area (Å²) < 4.78 is 38.9. The van der Waals surface area contributed by atoms with Crippen molar-refractivity contribution in [3.05, 3.63) is 28.8 Å². The maximum Gasteiger partial charge on any atom is 0.278 e. The number of halogens is 4.